The first-order valence-corrected chi connectivity index (χ1v) is 7.12. The van der Waals surface area contributed by atoms with Crippen LogP contribution < -0.4 is 5.32 Å². The molecule has 0 radical (unpaired) electrons. The minimum absolute atomic E-state index is 0.642. The van der Waals surface area contributed by atoms with E-state index in [1.165, 1.54) is 11.1 Å². The average Bonchev–Trinajstić information content (AvgIpc) is 2.84. The number of hydrogen-bond donors (Lipinski definition) is 1. The number of fused-ring (bicyclic) bond motifs is 1. The van der Waals surface area contributed by atoms with Gasteiger partial charge in [-0.25, -0.2) is 9.97 Å². The highest BCUT2D eigenvalue weighted by Crippen LogP contribution is 2.22. The van der Waals surface area contributed by atoms with E-state index in [0.717, 1.165) is 29.0 Å². The van der Waals surface area contributed by atoms with E-state index in [1.807, 2.05) is 30.9 Å². The normalized spacial score (nSPS) is 11.0. The largest absolute Gasteiger partial charge is 0.354 e. The maximum Gasteiger partial charge on any atom is 0.224 e. The van der Waals surface area contributed by atoms with Gasteiger partial charge in [-0.15, -0.1) is 0 Å². The van der Waals surface area contributed by atoms with Crippen molar-refractivity contribution in [3.05, 3.63) is 41.3 Å². The van der Waals surface area contributed by atoms with E-state index >= 15 is 0 Å². The van der Waals surface area contributed by atoms with Gasteiger partial charge in [-0.05, 0) is 51.0 Å². The fourth-order valence-corrected chi connectivity index (χ4v) is 2.35. The third kappa shape index (κ3) is 2.35. The van der Waals surface area contributed by atoms with Crippen molar-refractivity contribution in [2.24, 2.45) is 0 Å². The number of nitrogens with zero attached hydrogens (tertiary/aromatic N) is 4. The summed E-state index contributed by atoms with van der Waals surface area (Å²) < 4.78 is 2.03. The first-order valence-electron chi connectivity index (χ1n) is 7.12. The van der Waals surface area contributed by atoms with Crippen molar-refractivity contribution in [2.45, 2.75) is 27.7 Å². The summed E-state index contributed by atoms with van der Waals surface area (Å²) in [4.78, 5) is 13.4. The van der Waals surface area contributed by atoms with Gasteiger partial charge in [-0.3, -0.25) is 4.57 Å². The van der Waals surface area contributed by atoms with Crippen molar-refractivity contribution in [3.8, 4) is 5.82 Å². The van der Waals surface area contributed by atoms with Crippen LogP contribution in [0.4, 0.5) is 5.95 Å². The SMILES string of the molecule is CCNc1ncc(C)c(-n2cnc3cc(C)c(C)cc32)n1. The number of rotatable bonds is 3. The smallest absolute Gasteiger partial charge is 0.224 e. The van der Waals surface area contributed by atoms with Crippen LogP contribution in [-0.2, 0) is 0 Å². The Morgan fingerprint density at radius 1 is 1.05 bits per heavy atom. The maximum atomic E-state index is 4.61. The predicted octanol–water partition coefficient (Wildman–Crippen LogP) is 3.17. The van der Waals surface area contributed by atoms with Crippen LogP contribution >= 0.6 is 0 Å². The van der Waals surface area contributed by atoms with Crippen molar-refractivity contribution in [3.63, 3.8) is 0 Å². The van der Waals surface area contributed by atoms with Crippen molar-refractivity contribution in [2.75, 3.05) is 11.9 Å². The van der Waals surface area contributed by atoms with Gasteiger partial charge in [0.2, 0.25) is 5.95 Å². The molecule has 0 unspecified atom stereocenters. The number of benzene rings is 1. The molecule has 0 saturated carbocycles. The van der Waals surface area contributed by atoms with Gasteiger partial charge in [0.25, 0.3) is 0 Å². The van der Waals surface area contributed by atoms with Gasteiger partial charge in [0, 0.05) is 18.3 Å². The summed E-state index contributed by atoms with van der Waals surface area (Å²) in [6, 6.07) is 4.27. The van der Waals surface area contributed by atoms with Crippen LogP contribution in [0, 0.1) is 20.8 Å². The fraction of sp³-hybridized carbons (Fsp3) is 0.312. The highest BCUT2D eigenvalue weighted by molar-refractivity contribution is 5.79. The third-order valence-corrected chi connectivity index (χ3v) is 3.67. The molecular weight excluding hydrogens is 262 g/mol. The molecule has 0 aliphatic carbocycles. The Hall–Kier alpha value is -2.43. The van der Waals surface area contributed by atoms with Crippen LogP contribution in [0.2, 0.25) is 0 Å². The third-order valence-electron chi connectivity index (χ3n) is 3.67. The van der Waals surface area contributed by atoms with Crippen LogP contribution in [0.15, 0.2) is 24.7 Å². The lowest BCUT2D eigenvalue weighted by Gasteiger charge is -2.10. The van der Waals surface area contributed by atoms with Crippen molar-refractivity contribution < 1.29 is 0 Å². The fourth-order valence-electron chi connectivity index (χ4n) is 2.35. The second-order valence-corrected chi connectivity index (χ2v) is 5.27. The molecule has 0 fully saturated rings. The molecular formula is C16H19N5. The van der Waals surface area contributed by atoms with Crippen molar-refractivity contribution in [1.29, 1.82) is 0 Å². The molecule has 0 atom stereocenters. The molecule has 2 heterocycles. The topological polar surface area (TPSA) is 55.6 Å². The first-order chi connectivity index (χ1) is 10.1. The molecule has 5 nitrogen and oxygen atoms in total. The van der Waals surface area contributed by atoms with Gasteiger partial charge in [-0.1, -0.05) is 0 Å². The number of hydrogen-bond acceptors (Lipinski definition) is 4. The summed E-state index contributed by atoms with van der Waals surface area (Å²) in [7, 11) is 0. The molecule has 2 aromatic heterocycles. The van der Waals surface area contributed by atoms with E-state index in [2.05, 4.69) is 46.2 Å². The second kappa shape index (κ2) is 5.16. The zero-order valence-electron chi connectivity index (χ0n) is 12.8. The van der Waals surface area contributed by atoms with Gasteiger partial charge < -0.3 is 5.32 Å². The Kier molecular flexibility index (Phi) is 3.33. The highest BCUT2D eigenvalue weighted by atomic mass is 15.2. The molecule has 0 spiro atoms. The molecule has 0 aliphatic heterocycles. The van der Waals surface area contributed by atoms with Crippen LogP contribution in [-0.4, -0.2) is 26.1 Å². The first kappa shape index (κ1) is 13.5. The number of nitrogens with one attached hydrogen (secondary N) is 1. The summed E-state index contributed by atoms with van der Waals surface area (Å²) in [6.07, 6.45) is 3.67. The van der Waals surface area contributed by atoms with Crippen LogP contribution in [0.1, 0.15) is 23.6 Å². The Labute approximate surface area is 124 Å². The van der Waals surface area contributed by atoms with Crippen LogP contribution in [0.25, 0.3) is 16.9 Å². The number of anilines is 1. The van der Waals surface area contributed by atoms with Crippen molar-refractivity contribution >= 4 is 17.0 Å². The monoisotopic (exact) mass is 281 g/mol. The van der Waals surface area contributed by atoms with Gasteiger partial charge in [-0.2, -0.15) is 4.98 Å². The lowest BCUT2D eigenvalue weighted by atomic mass is 10.1. The summed E-state index contributed by atoms with van der Waals surface area (Å²) in [6.45, 7) is 9.06. The zero-order valence-corrected chi connectivity index (χ0v) is 12.8. The molecule has 1 aromatic carbocycles. The lowest BCUT2D eigenvalue weighted by Crippen LogP contribution is -2.07. The zero-order chi connectivity index (χ0) is 15.0. The minimum Gasteiger partial charge on any atom is -0.354 e. The van der Waals surface area contributed by atoms with Crippen molar-refractivity contribution in [1.82, 2.24) is 19.5 Å². The molecule has 108 valence electrons. The standard InChI is InChI=1S/C16H19N5/c1-5-17-16-18-8-12(4)15(20-16)21-9-19-13-6-10(2)11(3)7-14(13)21/h6-9H,5H2,1-4H3,(H,17,18,20). The van der Waals surface area contributed by atoms with Gasteiger partial charge in [0.15, 0.2) is 0 Å². The Bertz CT molecular complexity index is 804. The number of imidazole rings is 1. The molecule has 0 amide bonds. The maximum absolute atomic E-state index is 4.61. The van der Waals surface area contributed by atoms with E-state index in [9.17, 15) is 0 Å². The summed E-state index contributed by atoms with van der Waals surface area (Å²) in [5, 5.41) is 3.15. The van der Waals surface area contributed by atoms with E-state index in [4.69, 9.17) is 0 Å². The minimum atomic E-state index is 0.642. The van der Waals surface area contributed by atoms with E-state index < -0.39 is 0 Å². The number of aromatic nitrogens is 4. The van der Waals surface area contributed by atoms with Gasteiger partial charge in [0.1, 0.15) is 12.1 Å². The van der Waals surface area contributed by atoms with E-state index in [0.29, 0.717) is 5.95 Å². The van der Waals surface area contributed by atoms with Crippen LogP contribution in [0.5, 0.6) is 0 Å². The van der Waals surface area contributed by atoms with Gasteiger partial charge in [0.05, 0.1) is 11.0 Å². The molecule has 21 heavy (non-hydrogen) atoms. The Morgan fingerprint density at radius 3 is 2.57 bits per heavy atom. The molecule has 0 saturated heterocycles. The molecule has 3 aromatic rings. The van der Waals surface area contributed by atoms with Crippen LogP contribution in [0.3, 0.4) is 0 Å². The molecule has 1 N–H and O–H groups in total. The van der Waals surface area contributed by atoms with E-state index in [1.54, 1.807) is 0 Å². The Morgan fingerprint density at radius 2 is 1.81 bits per heavy atom. The number of aryl methyl sites for hydroxylation is 3. The van der Waals surface area contributed by atoms with Gasteiger partial charge >= 0.3 is 0 Å². The second-order valence-electron chi connectivity index (χ2n) is 5.27. The summed E-state index contributed by atoms with van der Waals surface area (Å²) in [5.74, 6) is 1.51. The molecule has 0 bridgehead atoms. The van der Waals surface area contributed by atoms with E-state index in [-0.39, 0.29) is 0 Å². The Balaban J connectivity index is 2.20. The summed E-state index contributed by atoms with van der Waals surface area (Å²) >= 11 is 0. The quantitative estimate of drug-likeness (QED) is 0.801. The lowest BCUT2D eigenvalue weighted by molar-refractivity contribution is 0.963. The predicted molar refractivity (Wildman–Crippen MR) is 85.0 cm³/mol. The molecule has 5 heteroatoms. The highest BCUT2D eigenvalue weighted by Gasteiger charge is 2.11. The average molecular weight is 281 g/mol. The molecule has 0 aliphatic rings. The molecule has 3 rings (SSSR count). The summed E-state index contributed by atoms with van der Waals surface area (Å²) in [5.41, 5.74) is 5.58.